The van der Waals surface area contributed by atoms with Crippen LogP contribution >= 0.6 is 31.9 Å². The van der Waals surface area contributed by atoms with E-state index in [1.807, 2.05) is 0 Å². The van der Waals surface area contributed by atoms with Crippen LogP contribution in [-0.2, 0) is 4.74 Å². The summed E-state index contributed by atoms with van der Waals surface area (Å²) < 4.78 is 6.85. The summed E-state index contributed by atoms with van der Waals surface area (Å²) in [6, 6.07) is 3.17. The maximum absolute atomic E-state index is 13.1. The van der Waals surface area contributed by atoms with Crippen LogP contribution in [0.25, 0.3) is 0 Å². The van der Waals surface area contributed by atoms with E-state index in [1.165, 1.54) is 0 Å². The summed E-state index contributed by atoms with van der Waals surface area (Å²) in [6.45, 7) is 2.08. The number of allylic oxidation sites excluding steroid dienone is 1. The number of rotatable bonds is 3. The average Bonchev–Trinajstić information content (AvgIpc) is 3.29. The number of hydrogen-bond donors (Lipinski definition) is 3. The van der Waals surface area contributed by atoms with E-state index in [-0.39, 0.29) is 23.0 Å². The Morgan fingerprint density at radius 1 is 1.38 bits per heavy atom. The number of amides is 1. The summed E-state index contributed by atoms with van der Waals surface area (Å²) in [6.07, 6.45) is 1.74. The second-order valence-corrected chi connectivity index (χ2v) is 7.73. The molecule has 1 aromatic carbocycles. The third-order valence-corrected chi connectivity index (χ3v) is 5.35. The Morgan fingerprint density at radius 2 is 1.96 bits per heavy atom. The Hall–Kier alpha value is -1.54. The van der Waals surface area contributed by atoms with Crippen molar-refractivity contribution < 1.29 is 14.6 Å². The molecule has 1 amide bonds. The van der Waals surface area contributed by atoms with Crippen molar-refractivity contribution in [2.45, 2.75) is 25.4 Å². The molecule has 0 radical (unpaired) electrons. The molecule has 6 nitrogen and oxygen atoms in total. The summed E-state index contributed by atoms with van der Waals surface area (Å²) in [4.78, 5) is 14.7. The largest absolute Gasteiger partial charge is 0.506 e. The molecular weight excluding hydrogens is 442 g/mol. The molecule has 0 saturated heterocycles. The number of halogens is 2. The number of carbonyl (C=O) groups is 1. The number of hydrogen-bond acceptors (Lipinski definition) is 5. The fourth-order valence-corrected chi connectivity index (χ4v) is 3.89. The third-order valence-electron chi connectivity index (χ3n) is 4.14. The monoisotopic (exact) mass is 457 g/mol. The second kappa shape index (κ2) is 6.07. The van der Waals surface area contributed by atoms with Gasteiger partial charge in [-0.2, -0.15) is 0 Å². The molecule has 1 saturated carbocycles. The minimum absolute atomic E-state index is 0.0487. The first-order valence-corrected chi connectivity index (χ1v) is 9.03. The summed E-state index contributed by atoms with van der Waals surface area (Å²) >= 11 is 6.51. The van der Waals surface area contributed by atoms with Gasteiger partial charge in [-0.25, -0.2) is 0 Å². The van der Waals surface area contributed by atoms with Crippen molar-refractivity contribution in [2.24, 2.45) is 0 Å². The highest BCUT2D eigenvalue weighted by Crippen LogP contribution is 2.46. The molecule has 0 aromatic heterocycles. The Labute approximate surface area is 156 Å². The lowest BCUT2D eigenvalue weighted by atomic mass is 10.1. The van der Waals surface area contributed by atoms with Gasteiger partial charge >= 0.3 is 0 Å². The Kier molecular flexibility index (Phi) is 4.37. The van der Waals surface area contributed by atoms with Crippen molar-refractivity contribution in [3.05, 3.63) is 38.2 Å². The molecule has 0 atom stereocenters. The number of benzene rings is 1. The van der Waals surface area contributed by atoms with Crippen molar-refractivity contribution in [2.75, 3.05) is 13.6 Å². The number of carbonyl (C=O) groups excluding carboxylic acids is 1. The van der Waals surface area contributed by atoms with Crippen LogP contribution in [0.2, 0.25) is 0 Å². The average molecular weight is 459 g/mol. The topological polar surface area (TPSA) is 85.7 Å². The summed E-state index contributed by atoms with van der Waals surface area (Å²) in [7, 11) is 1.70. The Morgan fingerprint density at radius 3 is 2.42 bits per heavy atom. The molecule has 1 aliphatic carbocycles. The zero-order valence-electron chi connectivity index (χ0n) is 13.2. The molecule has 1 heterocycles. The van der Waals surface area contributed by atoms with Gasteiger partial charge in [0, 0.05) is 12.6 Å². The Balaban J connectivity index is 2.04. The van der Waals surface area contributed by atoms with E-state index in [9.17, 15) is 9.90 Å². The van der Waals surface area contributed by atoms with E-state index in [1.54, 1.807) is 31.0 Å². The van der Waals surface area contributed by atoms with Crippen LogP contribution in [0.15, 0.2) is 32.7 Å². The first kappa shape index (κ1) is 17.3. The number of nitrogens with zero attached hydrogens (tertiary/aromatic N) is 1. The fourth-order valence-electron chi connectivity index (χ4n) is 2.71. The van der Waals surface area contributed by atoms with Crippen LogP contribution in [0.3, 0.4) is 0 Å². The molecule has 24 heavy (non-hydrogen) atoms. The third kappa shape index (κ3) is 2.93. The van der Waals surface area contributed by atoms with Gasteiger partial charge < -0.3 is 20.6 Å². The van der Waals surface area contributed by atoms with Gasteiger partial charge in [-0.15, -0.1) is 0 Å². The van der Waals surface area contributed by atoms with Crippen molar-refractivity contribution >= 4 is 43.5 Å². The number of nitrogens with one attached hydrogen (secondary N) is 2. The highest BCUT2D eigenvalue weighted by molar-refractivity contribution is 9.11. The molecule has 8 heteroatoms. The van der Waals surface area contributed by atoms with Gasteiger partial charge in [0.05, 0.1) is 21.2 Å². The summed E-state index contributed by atoms with van der Waals surface area (Å²) in [5, 5.41) is 20.8. The minimum atomic E-state index is -0.376. The van der Waals surface area contributed by atoms with Crippen LogP contribution in [-0.4, -0.2) is 40.8 Å². The maximum Gasteiger partial charge on any atom is 0.259 e. The zero-order valence-corrected chi connectivity index (χ0v) is 16.4. The molecule has 1 spiro atoms. The lowest BCUT2D eigenvalue weighted by Gasteiger charge is -2.37. The molecule has 1 aromatic rings. The van der Waals surface area contributed by atoms with Crippen LogP contribution in [0.1, 0.15) is 30.1 Å². The molecule has 3 N–H and O–H groups in total. The highest BCUT2D eigenvalue weighted by Gasteiger charge is 2.52. The van der Waals surface area contributed by atoms with Crippen LogP contribution < -0.4 is 5.32 Å². The van der Waals surface area contributed by atoms with Gasteiger partial charge in [0.2, 0.25) is 0 Å². The zero-order chi connectivity index (χ0) is 17.6. The van der Waals surface area contributed by atoms with Gasteiger partial charge in [0.15, 0.2) is 11.6 Å². The molecule has 128 valence electrons. The SMILES string of the molecule is CNC1=C(C(C)=N)OC2(CC2)CN1C(=O)c1cc(Br)c(O)c(Br)c1. The van der Waals surface area contributed by atoms with Crippen LogP contribution in [0.5, 0.6) is 5.75 Å². The van der Waals surface area contributed by atoms with E-state index < -0.39 is 0 Å². The lowest BCUT2D eigenvalue weighted by molar-refractivity contribution is 0.0306. The molecule has 0 unspecified atom stereocenters. The van der Waals surface area contributed by atoms with Gasteiger partial charge in [-0.3, -0.25) is 9.69 Å². The molecule has 1 fully saturated rings. The van der Waals surface area contributed by atoms with Gasteiger partial charge in [-0.05, 0) is 63.8 Å². The fraction of sp³-hybridized carbons (Fsp3) is 0.375. The quantitative estimate of drug-likeness (QED) is 0.606. The van der Waals surface area contributed by atoms with Gasteiger partial charge in [0.25, 0.3) is 5.91 Å². The minimum Gasteiger partial charge on any atom is -0.506 e. The van der Waals surface area contributed by atoms with Crippen LogP contribution in [0, 0.1) is 5.41 Å². The second-order valence-electron chi connectivity index (χ2n) is 6.02. The summed E-state index contributed by atoms with van der Waals surface area (Å²) in [5.41, 5.74) is 0.328. The molecule has 3 rings (SSSR count). The maximum atomic E-state index is 13.1. The normalized spacial score (nSPS) is 18.4. The molecular formula is C16H17Br2N3O3. The first-order valence-electron chi connectivity index (χ1n) is 7.44. The number of phenolic OH excluding ortho intramolecular Hbond substituents is 1. The van der Waals surface area contributed by atoms with E-state index in [0.717, 1.165) is 12.8 Å². The summed E-state index contributed by atoms with van der Waals surface area (Å²) in [5.74, 6) is 0.735. The number of ether oxygens (including phenoxy) is 1. The van der Waals surface area contributed by atoms with Crippen molar-refractivity contribution in [1.82, 2.24) is 10.2 Å². The first-order chi connectivity index (χ1) is 11.3. The smallest absolute Gasteiger partial charge is 0.259 e. The van der Waals surface area contributed by atoms with Crippen LogP contribution in [0.4, 0.5) is 0 Å². The van der Waals surface area contributed by atoms with E-state index >= 15 is 0 Å². The lowest BCUT2D eigenvalue weighted by Crippen LogP contribution is -2.48. The van der Waals surface area contributed by atoms with E-state index in [4.69, 9.17) is 10.1 Å². The predicted octanol–water partition coefficient (Wildman–Crippen LogP) is 3.35. The molecule has 2 aliphatic rings. The van der Waals surface area contributed by atoms with Crippen molar-refractivity contribution in [3.8, 4) is 5.75 Å². The van der Waals surface area contributed by atoms with E-state index in [0.29, 0.717) is 32.6 Å². The van der Waals surface area contributed by atoms with Crippen molar-refractivity contribution in [1.29, 1.82) is 5.41 Å². The molecule has 0 bridgehead atoms. The number of aromatic hydroxyl groups is 1. The Bertz CT molecular complexity index is 749. The van der Waals surface area contributed by atoms with Gasteiger partial charge in [-0.1, -0.05) is 0 Å². The molecule has 1 aliphatic heterocycles. The van der Waals surface area contributed by atoms with E-state index in [2.05, 4.69) is 37.2 Å². The highest BCUT2D eigenvalue weighted by atomic mass is 79.9. The van der Waals surface area contributed by atoms with Crippen molar-refractivity contribution in [3.63, 3.8) is 0 Å². The van der Waals surface area contributed by atoms with Gasteiger partial charge in [0.1, 0.15) is 11.4 Å². The standard InChI is InChI=1S/C16H17Br2N3O3/c1-8(19)13-14(20-2)21(7-16(24-13)3-4-16)15(23)9-5-10(17)12(22)11(18)6-9/h5-6,19-20,22H,3-4,7H2,1-2H3. The predicted molar refractivity (Wildman–Crippen MR) is 97.1 cm³/mol. The number of phenols is 1.